The fourth-order valence-corrected chi connectivity index (χ4v) is 7.30. The van der Waals surface area contributed by atoms with Crippen LogP contribution in [-0.2, 0) is 14.8 Å². The fourth-order valence-electron chi connectivity index (χ4n) is 4.63. The lowest BCUT2D eigenvalue weighted by atomic mass is 9.83. The summed E-state index contributed by atoms with van der Waals surface area (Å²) in [6, 6.07) is 11.1. The summed E-state index contributed by atoms with van der Waals surface area (Å²) in [6.07, 6.45) is 3.81. The molecule has 2 aliphatic heterocycles. The first-order valence-electron chi connectivity index (χ1n) is 11.0. The van der Waals surface area contributed by atoms with Crippen molar-refractivity contribution < 1.29 is 17.9 Å². The van der Waals surface area contributed by atoms with Gasteiger partial charge in [-0.05, 0) is 43.2 Å². The summed E-state index contributed by atoms with van der Waals surface area (Å²) in [7, 11) is -3.54. The normalized spacial score (nSPS) is 23.5. The van der Waals surface area contributed by atoms with Crippen molar-refractivity contribution in [2.24, 2.45) is 5.92 Å². The fraction of sp³-hybridized carbons (Fsp3) is 0.522. The predicted octanol–water partition coefficient (Wildman–Crippen LogP) is 4.35. The molecule has 0 saturated carbocycles. The number of nitrogens with one attached hydrogen (secondary N) is 1. The first-order valence-corrected chi connectivity index (χ1v) is 13.3. The molecule has 1 aromatic heterocycles. The molecule has 8 heteroatoms. The summed E-state index contributed by atoms with van der Waals surface area (Å²) < 4.78 is 34.0. The van der Waals surface area contributed by atoms with E-state index in [0.29, 0.717) is 30.0 Å². The molecule has 0 bridgehead atoms. The van der Waals surface area contributed by atoms with E-state index >= 15 is 0 Å². The van der Waals surface area contributed by atoms with Crippen LogP contribution in [0.15, 0.2) is 46.0 Å². The van der Waals surface area contributed by atoms with Crippen LogP contribution in [0.4, 0.5) is 0 Å². The highest BCUT2D eigenvalue weighted by molar-refractivity contribution is 7.91. The van der Waals surface area contributed by atoms with Gasteiger partial charge in [0.05, 0.1) is 12.0 Å². The molecule has 1 saturated heterocycles. The maximum atomic E-state index is 13.3. The van der Waals surface area contributed by atoms with Gasteiger partial charge in [-0.1, -0.05) is 38.1 Å². The molecule has 1 aromatic carbocycles. The van der Waals surface area contributed by atoms with Crippen LogP contribution < -0.4 is 10.1 Å². The van der Waals surface area contributed by atoms with Crippen molar-refractivity contribution in [3.8, 4) is 5.75 Å². The van der Waals surface area contributed by atoms with Gasteiger partial charge in [0.1, 0.15) is 15.6 Å². The second-order valence-corrected chi connectivity index (χ2v) is 11.5. The van der Waals surface area contributed by atoms with Gasteiger partial charge in [-0.15, -0.1) is 11.3 Å². The van der Waals surface area contributed by atoms with Gasteiger partial charge >= 0.3 is 0 Å². The average molecular weight is 463 g/mol. The molecule has 4 rings (SSSR count). The molecular formula is C23H30N2O4S2. The molecule has 0 radical (unpaired) electrons. The van der Waals surface area contributed by atoms with Crippen LogP contribution in [0.25, 0.3) is 0 Å². The van der Waals surface area contributed by atoms with E-state index in [1.54, 1.807) is 17.5 Å². The van der Waals surface area contributed by atoms with E-state index in [0.717, 1.165) is 24.2 Å². The lowest BCUT2D eigenvalue weighted by Gasteiger charge is -2.42. The van der Waals surface area contributed by atoms with Gasteiger partial charge in [0, 0.05) is 25.1 Å². The number of sulfonamides is 1. The zero-order valence-corrected chi connectivity index (χ0v) is 19.7. The van der Waals surface area contributed by atoms with Crippen LogP contribution in [0.2, 0.25) is 0 Å². The van der Waals surface area contributed by atoms with E-state index in [9.17, 15) is 13.2 Å². The highest BCUT2D eigenvalue weighted by atomic mass is 32.2. The van der Waals surface area contributed by atoms with Crippen LogP contribution >= 0.6 is 11.3 Å². The third kappa shape index (κ3) is 4.38. The van der Waals surface area contributed by atoms with Gasteiger partial charge in [-0.2, -0.15) is 4.31 Å². The van der Waals surface area contributed by atoms with Crippen molar-refractivity contribution in [1.82, 2.24) is 9.62 Å². The number of fused-ring (bicyclic) bond motifs is 1. The number of hydrogen-bond donors (Lipinski definition) is 1. The number of carbonyl (C=O) groups excluding carboxylic acids is 1. The summed E-state index contributed by atoms with van der Waals surface area (Å²) in [5, 5.41) is 5.00. The Morgan fingerprint density at radius 1 is 1.23 bits per heavy atom. The van der Waals surface area contributed by atoms with E-state index in [4.69, 9.17) is 4.74 Å². The summed E-state index contributed by atoms with van der Waals surface area (Å²) in [6.45, 7) is 4.91. The predicted molar refractivity (Wildman–Crippen MR) is 122 cm³/mol. The molecule has 3 heterocycles. The third-order valence-electron chi connectivity index (χ3n) is 6.65. The molecule has 31 heavy (non-hydrogen) atoms. The molecule has 2 atom stereocenters. The molecule has 2 aromatic rings. The Morgan fingerprint density at radius 2 is 2.00 bits per heavy atom. The highest BCUT2D eigenvalue weighted by Crippen LogP contribution is 2.42. The first kappa shape index (κ1) is 22.3. The Bertz CT molecular complexity index is 1020. The Labute approximate surface area is 188 Å². The molecule has 0 aliphatic carbocycles. The van der Waals surface area contributed by atoms with Gasteiger partial charge in [-0.25, -0.2) is 8.42 Å². The van der Waals surface area contributed by atoms with Crippen molar-refractivity contribution in [1.29, 1.82) is 0 Å². The van der Waals surface area contributed by atoms with Crippen molar-refractivity contribution in [3.63, 3.8) is 0 Å². The molecule has 0 unspecified atom stereocenters. The quantitative estimate of drug-likeness (QED) is 0.693. The maximum absolute atomic E-state index is 13.3. The molecule has 0 spiro atoms. The first-order chi connectivity index (χ1) is 14.9. The third-order valence-corrected chi connectivity index (χ3v) is 9.88. The van der Waals surface area contributed by atoms with Crippen molar-refractivity contribution >= 4 is 27.3 Å². The van der Waals surface area contributed by atoms with Gasteiger partial charge in [-0.3, -0.25) is 4.79 Å². The zero-order chi connectivity index (χ0) is 22.1. The Morgan fingerprint density at radius 3 is 2.71 bits per heavy atom. The SMILES string of the molecule is CCC1(CC)C[C@@H](NC(=O)[C@@H]2CCCN(S(=O)(=O)c3cccs3)C2)c2ccccc2O1. The number of nitrogens with zero attached hydrogens (tertiary/aromatic N) is 1. The Balaban J connectivity index is 1.51. The molecular weight excluding hydrogens is 432 g/mol. The minimum Gasteiger partial charge on any atom is -0.487 e. The standard InChI is InChI=1S/C23H30N2O4S2/c1-3-23(4-2)15-19(18-10-5-6-11-20(18)29-23)24-22(26)17-9-7-13-25(16-17)31(27,28)21-12-8-14-30-21/h5-6,8,10-12,14,17,19H,3-4,7,9,13,15-16H2,1-2H3,(H,24,26)/t17-,19-/m1/s1. The number of thiophene rings is 1. The van der Waals surface area contributed by atoms with E-state index in [1.165, 1.54) is 15.6 Å². The van der Waals surface area contributed by atoms with Crippen molar-refractivity contribution in [3.05, 3.63) is 47.3 Å². The monoisotopic (exact) mass is 462 g/mol. The highest BCUT2D eigenvalue weighted by Gasteiger charge is 2.40. The van der Waals surface area contributed by atoms with Crippen LogP contribution in [0, 0.1) is 5.92 Å². The topological polar surface area (TPSA) is 75.7 Å². The molecule has 1 fully saturated rings. The summed E-state index contributed by atoms with van der Waals surface area (Å²) in [5.41, 5.74) is 0.695. The van der Waals surface area contributed by atoms with Crippen LogP contribution in [-0.4, -0.2) is 37.3 Å². The maximum Gasteiger partial charge on any atom is 0.252 e. The number of amides is 1. The van der Waals surface area contributed by atoms with Crippen molar-refractivity contribution in [2.75, 3.05) is 13.1 Å². The summed E-state index contributed by atoms with van der Waals surface area (Å²) in [4.78, 5) is 13.3. The van der Waals surface area contributed by atoms with Crippen LogP contribution in [0.1, 0.15) is 57.6 Å². The zero-order valence-electron chi connectivity index (χ0n) is 18.0. The second kappa shape index (κ2) is 8.92. The van der Waals surface area contributed by atoms with E-state index in [2.05, 4.69) is 19.2 Å². The number of ether oxygens (including phenoxy) is 1. The van der Waals surface area contributed by atoms with Gasteiger partial charge in [0.2, 0.25) is 5.91 Å². The number of hydrogen-bond acceptors (Lipinski definition) is 5. The molecule has 6 nitrogen and oxygen atoms in total. The Kier molecular flexibility index (Phi) is 6.42. The minimum absolute atomic E-state index is 0.0751. The van der Waals surface area contributed by atoms with Crippen LogP contribution in [0.3, 0.4) is 0 Å². The minimum atomic E-state index is -3.54. The second-order valence-electron chi connectivity index (χ2n) is 8.43. The lowest BCUT2D eigenvalue weighted by Crippen LogP contribution is -2.48. The van der Waals surface area contributed by atoms with E-state index in [-0.39, 0.29) is 30.0 Å². The molecule has 1 N–H and O–H groups in total. The smallest absolute Gasteiger partial charge is 0.252 e. The van der Waals surface area contributed by atoms with Gasteiger partial charge in [0.15, 0.2) is 0 Å². The van der Waals surface area contributed by atoms with Crippen LogP contribution in [0.5, 0.6) is 5.75 Å². The molecule has 2 aliphatic rings. The molecule has 1 amide bonds. The lowest BCUT2D eigenvalue weighted by molar-refractivity contribution is -0.127. The number of piperidine rings is 1. The van der Waals surface area contributed by atoms with Crippen molar-refractivity contribution in [2.45, 2.75) is 61.8 Å². The Hall–Kier alpha value is -1.90. The molecule has 168 valence electrons. The van der Waals surface area contributed by atoms with Gasteiger partial charge < -0.3 is 10.1 Å². The van der Waals surface area contributed by atoms with E-state index < -0.39 is 10.0 Å². The largest absolute Gasteiger partial charge is 0.487 e. The van der Waals surface area contributed by atoms with E-state index in [1.807, 2.05) is 24.3 Å². The number of benzene rings is 1. The number of para-hydroxylation sites is 1. The summed E-state index contributed by atoms with van der Waals surface area (Å²) >= 11 is 1.21. The van der Waals surface area contributed by atoms with Gasteiger partial charge in [0.25, 0.3) is 10.0 Å². The average Bonchev–Trinajstić information content (AvgIpc) is 3.35. The summed E-state index contributed by atoms with van der Waals surface area (Å²) in [5.74, 6) is 0.401. The number of rotatable bonds is 6. The number of carbonyl (C=O) groups is 1.